The average molecular weight is 401 g/mol. The van der Waals surface area contributed by atoms with Gasteiger partial charge in [-0.05, 0) is 12.8 Å². The number of aliphatic hydroxyl groups excluding tert-OH is 1. The van der Waals surface area contributed by atoms with E-state index in [0.717, 1.165) is 19.3 Å². The molecule has 0 aromatic carbocycles. The molecule has 0 heterocycles. The van der Waals surface area contributed by atoms with E-state index >= 15 is 0 Å². The molecular weight excluding hydrogens is 352 g/mol. The summed E-state index contributed by atoms with van der Waals surface area (Å²) >= 11 is 0. The molecule has 0 aromatic heterocycles. The van der Waals surface area contributed by atoms with Crippen molar-refractivity contribution in [2.75, 3.05) is 19.8 Å². The van der Waals surface area contributed by atoms with Crippen LogP contribution in [0.15, 0.2) is 0 Å². The monoisotopic (exact) mass is 400 g/mol. The molecule has 1 N–H and O–H groups in total. The molecule has 0 aliphatic heterocycles. The molecule has 4 heteroatoms. The highest BCUT2D eigenvalue weighted by Gasteiger charge is 2.12. The van der Waals surface area contributed by atoms with Crippen molar-refractivity contribution < 1.29 is 19.4 Å². The Balaban J connectivity index is 3.30. The zero-order chi connectivity index (χ0) is 20.7. The van der Waals surface area contributed by atoms with E-state index in [9.17, 15) is 4.79 Å². The van der Waals surface area contributed by atoms with Crippen LogP contribution >= 0.6 is 0 Å². The summed E-state index contributed by atoms with van der Waals surface area (Å²) in [5.74, 6) is -0.117. The highest BCUT2D eigenvalue weighted by molar-refractivity contribution is 5.69. The number of rotatable bonds is 22. The van der Waals surface area contributed by atoms with Crippen molar-refractivity contribution in [3.8, 4) is 0 Å². The van der Waals surface area contributed by atoms with Gasteiger partial charge in [-0.2, -0.15) is 0 Å². The van der Waals surface area contributed by atoms with Gasteiger partial charge in [0, 0.05) is 6.42 Å². The number of carbonyl (C=O) groups is 1. The summed E-state index contributed by atoms with van der Waals surface area (Å²) in [6.45, 7) is 4.93. The first-order valence-corrected chi connectivity index (χ1v) is 12.1. The average Bonchev–Trinajstić information content (AvgIpc) is 2.70. The predicted octanol–water partition coefficient (Wildman–Crippen LogP) is 6.58. The Morgan fingerprint density at radius 2 is 1.21 bits per heavy atom. The maximum absolute atomic E-state index is 11.9. The highest BCUT2D eigenvalue weighted by Crippen LogP contribution is 2.14. The van der Waals surface area contributed by atoms with E-state index in [1.807, 2.05) is 6.92 Å². The molecule has 0 spiro atoms. The molecular formula is C24H48O4. The van der Waals surface area contributed by atoms with Crippen molar-refractivity contribution in [3.05, 3.63) is 0 Å². The molecule has 0 radical (unpaired) electrons. The van der Waals surface area contributed by atoms with Gasteiger partial charge in [-0.3, -0.25) is 4.79 Å². The molecule has 168 valence electrons. The minimum atomic E-state index is -0.185. The predicted molar refractivity (Wildman–Crippen MR) is 118 cm³/mol. The van der Waals surface area contributed by atoms with E-state index < -0.39 is 0 Å². The SMILES string of the molecule is CCCCCCCCCCCCCCCCCC(=O)OC(CC)COCCO. The number of ether oxygens (including phenoxy) is 2. The molecule has 1 unspecified atom stereocenters. The van der Waals surface area contributed by atoms with Gasteiger partial charge in [-0.1, -0.05) is 104 Å². The molecule has 0 aliphatic rings. The number of aliphatic hydroxyl groups is 1. The quantitative estimate of drug-likeness (QED) is 0.165. The van der Waals surface area contributed by atoms with Crippen LogP contribution in [0.1, 0.15) is 123 Å². The summed E-state index contributed by atoms with van der Waals surface area (Å²) in [6, 6.07) is 0. The lowest BCUT2D eigenvalue weighted by atomic mass is 10.0. The van der Waals surface area contributed by atoms with Gasteiger partial charge < -0.3 is 14.6 Å². The fourth-order valence-corrected chi connectivity index (χ4v) is 3.40. The van der Waals surface area contributed by atoms with Gasteiger partial charge in [0.05, 0.1) is 19.8 Å². The fraction of sp³-hybridized carbons (Fsp3) is 0.958. The maximum atomic E-state index is 11.9. The topological polar surface area (TPSA) is 55.8 Å². The second-order valence-electron chi connectivity index (χ2n) is 8.02. The van der Waals surface area contributed by atoms with Crippen LogP contribution in [0.25, 0.3) is 0 Å². The number of unbranched alkanes of at least 4 members (excludes halogenated alkanes) is 14. The van der Waals surface area contributed by atoms with E-state index in [4.69, 9.17) is 14.6 Å². The first-order chi connectivity index (χ1) is 13.7. The first-order valence-electron chi connectivity index (χ1n) is 12.1. The smallest absolute Gasteiger partial charge is 0.306 e. The van der Waals surface area contributed by atoms with Gasteiger partial charge in [0.15, 0.2) is 0 Å². The highest BCUT2D eigenvalue weighted by atomic mass is 16.6. The molecule has 0 aliphatic carbocycles. The van der Waals surface area contributed by atoms with Crippen molar-refractivity contribution in [2.45, 2.75) is 129 Å². The van der Waals surface area contributed by atoms with Crippen LogP contribution in [0.3, 0.4) is 0 Å². The van der Waals surface area contributed by atoms with Crippen LogP contribution in [0.2, 0.25) is 0 Å². The Hall–Kier alpha value is -0.610. The van der Waals surface area contributed by atoms with Gasteiger partial charge in [-0.15, -0.1) is 0 Å². The summed E-state index contributed by atoms with van der Waals surface area (Å²) in [5, 5.41) is 8.70. The van der Waals surface area contributed by atoms with Crippen LogP contribution in [0.4, 0.5) is 0 Å². The maximum Gasteiger partial charge on any atom is 0.306 e. The van der Waals surface area contributed by atoms with Gasteiger partial charge in [-0.25, -0.2) is 0 Å². The van der Waals surface area contributed by atoms with Gasteiger partial charge in [0.2, 0.25) is 0 Å². The molecule has 28 heavy (non-hydrogen) atoms. The number of hydrogen-bond donors (Lipinski definition) is 1. The zero-order valence-corrected chi connectivity index (χ0v) is 18.9. The number of carbonyl (C=O) groups excluding carboxylic acids is 1. The molecule has 0 saturated carbocycles. The Kier molecular flexibility index (Phi) is 22.2. The van der Waals surface area contributed by atoms with Crippen LogP contribution in [0.5, 0.6) is 0 Å². The van der Waals surface area contributed by atoms with Crippen LogP contribution in [-0.4, -0.2) is 37.0 Å². The van der Waals surface area contributed by atoms with E-state index in [1.54, 1.807) is 0 Å². The molecule has 4 nitrogen and oxygen atoms in total. The van der Waals surface area contributed by atoms with Gasteiger partial charge in [0.25, 0.3) is 0 Å². The summed E-state index contributed by atoms with van der Waals surface area (Å²) in [4.78, 5) is 11.9. The standard InChI is InChI=1S/C24H48O4/c1-3-5-6-7-8-9-10-11-12-13-14-15-16-17-18-19-24(26)28-23(4-2)22-27-21-20-25/h23,25H,3-22H2,1-2H3. The molecule has 0 saturated heterocycles. The summed E-state index contributed by atoms with van der Waals surface area (Å²) in [6.07, 6.45) is 21.0. The largest absolute Gasteiger partial charge is 0.460 e. The molecule has 0 aromatic rings. The molecule has 0 fully saturated rings. The lowest BCUT2D eigenvalue weighted by molar-refractivity contribution is -0.152. The van der Waals surface area contributed by atoms with Gasteiger partial charge >= 0.3 is 5.97 Å². The fourth-order valence-electron chi connectivity index (χ4n) is 3.40. The van der Waals surface area contributed by atoms with E-state index in [1.165, 1.54) is 83.5 Å². The summed E-state index contributed by atoms with van der Waals surface area (Å²) in [7, 11) is 0. The Labute approximate surface area is 174 Å². The minimum Gasteiger partial charge on any atom is -0.460 e. The van der Waals surface area contributed by atoms with E-state index in [-0.39, 0.29) is 18.7 Å². The van der Waals surface area contributed by atoms with Crippen LogP contribution in [0, 0.1) is 0 Å². The Morgan fingerprint density at radius 3 is 1.64 bits per heavy atom. The minimum absolute atomic E-state index is 0.00348. The molecule has 0 amide bonds. The van der Waals surface area contributed by atoms with Crippen molar-refractivity contribution in [3.63, 3.8) is 0 Å². The third-order valence-corrected chi connectivity index (χ3v) is 5.28. The second-order valence-corrected chi connectivity index (χ2v) is 8.02. The Morgan fingerprint density at radius 1 is 0.750 bits per heavy atom. The summed E-state index contributed by atoms with van der Waals surface area (Å²) in [5.41, 5.74) is 0. The number of hydrogen-bond acceptors (Lipinski definition) is 4. The second kappa shape index (κ2) is 22.7. The van der Waals surface area contributed by atoms with Crippen LogP contribution < -0.4 is 0 Å². The van der Waals surface area contributed by atoms with Crippen molar-refractivity contribution >= 4 is 5.97 Å². The lowest BCUT2D eigenvalue weighted by Gasteiger charge is -2.16. The number of esters is 1. The van der Waals surface area contributed by atoms with E-state index in [2.05, 4.69) is 6.92 Å². The van der Waals surface area contributed by atoms with Gasteiger partial charge in [0.1, 0.15) is 6.10 Å². The molecule has 0 bridgehead atoms. The normalized spacial score (nSPS) is 12.2. The van der Waals surface area contributed by atoms with E-state index in [0.29, 0.717) is 19.6 Å². The third-order valence-electron chi connectivity index (χ3n) is 5.28. The van der Waals surface area contributed by atoms with Crippen molar-refractivity contribution in [2.24, 2.45) is 0 Å². The lowest BCUT2D eigenvalue weighted by Crippen LogP contribution is -2.23. The Bertz CT molecular complexity index is 320. The third kappa shape index (κ3) is 20.1. The van der Waals surface area contributed by atoms with Crippen LogP contribution in [-0.2, 0) is 14.3 Å². The van der Waals surface area contributed by atoms with Crippen molar-refractivity contribution in [1.82, 2.24) is 0 Å². The first kappa shape index (κ1) is 27.4. The molecule has 1 atom stereocenters. The summed E-state index contributed by atoms with van der Waals surface area (Å²) < 4.78 is 10.7. The van der Waals surface area contributed by atoms with Crippen molar-refractivity contribution in [1.29, 1.82) is 0 Å². The molecule has 0 rings (SSSR count). The zero-order valence-electron chi connectivity index (χ0n) is 18.9.